The molecule has 1 aliphatic carbocycles. The third-order valence-electron chi connectivity index (χ3n) is 3.84. The average Bonchev–Trinajstić information content (AvgIpc) is 2.27. The predicted molar refractivity (Wildman–Crippen MR) is 65.4 cm³/mol. The highest BCUT2D eigenvalue weighted by molar-refractivity contribution is 5.78. The van der Waals surface area contributed by atoms with E-state index in [4.69, 9.17) is 10.5 Å². The molecule has 0 bridgehead atoms. The van der Waals surface area contributed by atoms with Gasteiger partial charge in [0.05, 0.1) is 12.1 Å². The summed E-state index contributed by atoms with van der Waals surface area (Å²) in [4.78, 5) is 6.76. The third-order valence-corrected chi connectivity index (χ3v) is 3.84. The summed E-state index contributed by atoms with van der Waals surface area (Å²) in [6.07, 6.45) is 3.96. The van der Waals surface area contributed by atoms with Crippen LogP contribution in [-0.2, 0) is 4.74 Å². The van der Waals surface area contributed by atoms with E-state index in [9.17, 15) is 0 Å². The summed E-state index contributed by atoms with van der Waals surface area (Å²) in [6, 6.07) is 0.408. The molecule has 2 rings (SSSR count). The Morgan fingerprint density at radius 1 is 1.44 bits per heavy atom. The van der Waals surface area contributed by atoms with E-state index in [1.54, 1.807) is 0 Å². The number of nitrogens with two attached hydrogens (primary N) is 1. The molecule has 1 saturated carbocycles. The summed E-state index contributed by atoms with van der Waals surface area (Å²) in [5, 5.41) is 0. The maximum atomic E-state index is 6.01. The largest absolute Gasteiger partial charge is 0.378 e. The van der Waals surface area contributed by atoms with Crippen LogP contribution < -0.4 is 5.73 Å². The molecule has 4 heteroatoms. The van der Waals surface area contributed by atoms with E-state index in [0.717, 1.165) is 26.1 Å². The van der Waals surface area contributed by atoms with Crippen LogP contribution in [0.1, 0.15) is 33.1 Å². The van der Waals surface area contributed by atoms with Crippen LogP contribution in [0.2, 0.25) is 0 Å². The van der Waals surface area contributed by atoms with Gasteiger partial charge in [0.2, 0.25) is 0 Å². The topological polar surface area (TPSA) is 50.8 Å². The normalized spacial score (nSPS) is 34.1. The second-order valence-electron chi connectivity index (χ2n) is 4.68. The van der Waals surface area contributed by atoms with Gasteiger partial charge >= 0.3 is 0 Å². The maximum Gasteiger partial charge on any atom is 0.191 e. The van der Waals surface area contributed by atoms with Crippen LogP contribution in [0.25, 0.3) is 0 Å². The van der Waals surface area contributed by atoms with Gasteiger partial charge in [0.25, 0.3) is 0 Å². The Bertz CT molecular complexity index is 263. The van der Waals surface area contributed by atoms with E-state index in [0.29, 0.717) is 24.0 Å². The minimum atomic E-state index is 0.408. The second-order valence-corrected chi connectivity index (χ2v) is 4.68. The lowest BCUT2D eigenvalue weighted by atomic mass is 9.73. The average molecular weight is 225 g/mol. The SMILES string of the molecule is CCN(CC)C(N)=NC1CC2OCCCC12. The van der Waals surface area contributed by atoms with Gasteiger partial charge in [-0.25, -0.2) is 4.99 Å². The van der Waals surface area contributed by atoms with E-state index in [2.05, 4.69) is 23.7 Å². The molecule has 3 atom stereocenters. The standard InChI is InChI=1S/C12H23N3O/c1-3-15(4-2)12(13)14-10-8-11-9(10)6-5-7-16-11/h9-11H,3-8H2,1-2H3,(H2,13,14). The van der Waals surface area contributed by atoms with Crippen LogP contribution in [0.3, 0.4) is 0 Å². The van der Waals surface area contributed by atoms with Crippen molar-refractivity contribution in [2.24, 2.45) is 16.6 Å². The van der Waals surface area contributed by atoms with E-state index in [-0.39, 0.29) is 0 Å². The summed E-state index contributed by atoms with van der Waals surface area (Å²) in [7, 11) is 0. The predicted octanol–water partition coefficient (Wildman–Crippen LogP) is 1.21. The Balaban J connectivity index is 1.91. The van der Waals surface area contributed by atoms with Crippen LogP contribution >= 0.6 is 0 Å². The highest BCUT2D eigenvalue weighted by Crippen LogP contribution is 2.39. The van der Waals surface area contributed by atoms with Crippen molar-refractivity contribution in [2.75, 3.05) is 19.7 Å². The Morgan fingerprint density at radius 3 is 2.81 bits per heavy atom. The zero-order chi connectivity index (χ0) is 11.5. The van der Waals surface area contributed by atoms with Crippen molar-refractivity contribution in [3.8, 4) is 0 Å². The first-order valence-corrected chi connectivity index (χ1v) is 6.46. The highest BCUT2D eigenvalue weighted by Gasteiger charge is 2.43. The molecule has 16 heavy (non-hydrogen) atoms. The van der Waals surface area contributed by atoms with Gasteiger partial charge in [-0.2, -0.15) is 0 Å². The van der Waals surface area contributed by atoms with Crippen molar-refractivity contribution >= 4 is 5.96 Å². The molecule has 0 spiro atoms. The summed E-state index contributed by atoms with van der Waals surface area (Å²) in [5.74, 6) is 1.34. The first kappa shape index (κ1) is 11.7. The second kappa shape index (κ2) is 5.04. The van der Waals surface area contributed by atoms with Gasteiger partial charge in [0, 0.05) is 25.6 Å². The molecule has 1 aliphatic heterocycles. The molecule has 2 aliphatic rings. The van der Waals surface area contributed by atoms with E-state index in [1.807, 2.05) is 0 Å². The van der Waals surface area contributed by atoms with Gasteiger partial charge in [0.1, 0.15) is 0 Å². The molecule has 2 N–H and O–H groups in total. The van der Waals surface area contributed by atoms with Crippen LogP contribution in [0.15, 0.2) is 4.99 Å². The van der Waals surface area contributed by atoms with Crippen LogP contribution in [0.5, 0.6) is 0 Å². The molecular weight excluding hydrogens is 202 g/mol. The molecule has 2 fully saturated rings. The van der Waals surface area contributed by atoms with Gasteiger partial charge in [-0.1, -0.05) is 0 Å². The van der Waals surface area contributed by atoms with E-state index >= 15 is 0 Å². The summed E-state index contributed by atoms with van der Waals surface area (Å²) < 4.78 is 5.68. The quantitative estimate of drug-likeness (QED) is 0.580. The molecule has 0 amide bonds. The maximum absolute atomic E-state index is 6.01. The third kappa shape index (κ3) is 2.17. The van der Waals surface area contributed by atoms with Gasteiger partial charge in [0.15, 0.2) is 5.96 Å². The van der Waals surface area contributed by atoms with Gasteiger partial charge in [-0.3, -0.25) is 0 Å². The molecular formula is C12H23N3O. The Morgan fingerprint density at radius 2 is 2.19 bits per heavy atom. The molecule has 1 saturated heterocycles. The van der Waals surface area contributed by atoms with Crippen molar-refractivity contribution in [3.63, 3.8) is 0 Å². The fourth-order valence-corrected chi connectivity index (χ4v) is 2.71. The van der Waals surface area contributed by atoms with Gasteiger partial charge < -0.3 is 15.4 Å². The first-order valence-electron chi connectivity index (χ1n) is 6.46. The molecule has 92 valence electrons. The van der Waals surface area contributed by atoms with Crippen molar-refractivity contribution in [1.29, 1.82) is 0 Å². The first-order chi connectivity index (χ1) is 7.76. The van der Waals surface area contributed by atoms with E-state index < -0.39 is 0 Å². The van der Waals surface area contributed by atoms with Gasteiger partial charge in [-0.15, -0.1) is 0 Å². The lowest BCUT2D eigenvalue weighted by Crippen LogP contribution is -2.50. The fraction of sp³-hybridized carbons (Fsp3) is 0.917. The minimum Gasteiger partial charge on any atom is -0.378 e. The number of guanidine groups is 1. The monoisotopic (exact) mass is 225 g/mol. The Hall–Kier alpha value is -0.770. The van der Waals surface area contributed by atoms with Gasteiger partial charge in [-0.05, 0) is 33.1 Å². The number of ether oxygens (including phenoxy) is 1. The molecule has 3 unspecified atom stereocenters. The summed E-state index contributed by atoms with van der Waals surface area (Å²) >= 11 is 0. The number of hydrogen-bond donors (Lipinski definition) is 1. The van der Waals surface area contributed by atoms with Crippen LogP contribution in [-0.4, -0.2) is 42.7 Å². The summed E-state index contributed by atoms with van der Waals surface area (Å²) in [5.41, 5.74) is 6.01. The fourth-order valence-electron chi connectivity index (χ4n) is 2.71. The molecule has 4 nitrogen and oxygen atoms in total. The number of fused-ring (bicyclic) bond motifs is 1. The molecule has 0 aromatic heterocycles. The van der Waals surface area contributed by atoms with Crippen molar-refractivity contribution < 1.29 is 4.74 Å². The smallest absolute Gasteiger partial charge is 0.191 e. The Kier molecular flexibility index (Phi) is 3.69. The highest BCUT2D eigenvalue weighted by atomic mass is 16.5. The lowest BCUT2D eigenvalue weighted by Gasteiger charge is -2.45. The molecule has 0 aromatic rings. The number of rotatable bonds is 3. The molecule has 0 aromatic carbocycles. The van der Waals surface area contributed by atoms with E-state index in [1.165, 1.54) is 12.8 Å². The van der Waals surface area contributed by atoms with Crippen molar-refractivity contribution in [2.45, 2.75) is 45.3 Å². The number of nitrogens with zero attached hydrogens (tertiary/aromatic N) is 2. The minimum absolute atomic E-state index is 0.408. The number of hydrogen-bond acceptors (Lipinski definition) is 2. The van der Waals surface area contributed by atoms with Crippen molar-refractivity contribution in [1.82, 2.24) is 4.90 Å². The van der Waals surface area contributed by atoms with Crippen LogP contribution in [0.4, 0.5) is 0 Å². The molecule has 1 heterocycles. The zero-order valence-electron chi connectivity index (χ0n) is 10.4. The van der Waals surface area contributed by atoms with Crippen LogP contribution in [0, 0.1) is 5.92 Å². The number of aliphatic imine (C=N–C) groups is 1. The Labute approximate surface area is 97.9 Å². The summed E-state index contributed by atoms with van der Waals surface area (Å²) in [6.45, 7) is 7.02. The zero-order valence-corrected chi connectivity index (χ0v) is 10.4. The van der Waals surface area contributed by atoms with Crippen molar-refractivity contribution in [3.05, 3.63) is 0 Å². The lowest BCUT2D eigenvalue weighted by molar-refractivity contribution is -0.0939. The molecule has 0 radical (unpaired) electrons.